The van der Waals surface area contributed by atoms with E-state index in [0.717, 1.165) is 32.5 Å². The minimum Gasteiger partial charge on any atom is -0.336 e. The number of pyridine rings is 1. The van der Waals surface area contributed by atoms with Gasteiger partial charge in [0.15, 0.2) is 0 Å². The molecule has 2 unspecified atom stereocenters. The van der Waals surface area contributed by atoms with Crippen LogP contribution in [0.5, 0.6) is 0 Å². The molecule has 1 aromatic heterocycles. The highest BCUT2D eigenvalue weighted by atomic mass is 16.2. The largest absolute Gasteiger partial charge is 0.336 e. The van der Waals surface area contributed by atoms with Crippen molar-refractivity contribution in [3.63, 3.8) is 0 Å². The minimum absolute atomic E-state index is 0.412. The van der Waals surface area contributed by atoms with E-state index in [1.165, 1.54) is 12.0 Å². The zero-order valence-electron chi connectivity index (χ0n) is 14.2. The Morgan fingerprint density at radius 1 is 1.22 bits per heavy atom. The number of hydrogen-bond acceptors (Lipinski definition) is 3. The second-order valence-corrected chi connectivity index (χ2v) is 7.95. The van der Waals surface area contributed by atoms with Crippen LogP contribution in [0.15, 0.2) is 24.5 Å². The van der Waals surface area contributed by atoms with Crippen molar-refractivity contribution in [1.29, 1.82) is 0 Å². The van der Waals surface area contributed by atoms with Gasteiger partial charge in [0.25, 0.3) is 0 Å². The van der Waals surface area contributed by atoms with E-state index in [4.69, 9.17) is 0 Å². The Kier molecular flexibility index (Phi) is 3.88. The van der Waals surface area contributed by atoms with Crippen molar-refractivity contribution in [2.24, 2.45) is 17.8 Å². The first-order chi connectivity index (χ1) is 11.1. The lowest BCUT2D eigenvalue weighted by molar-refractivity contribution is -0.142. The fraction of sp³-hybridized carbons (Fsp3) is 0.684. The van der Waals surface area contributed by atoms with Crippen LogP contribution in [0.1, 0.15) is 38.7 Å². The van der Waals surface area contributed by atoms with Crippen LogP contribution in [-0.4, -0.2) is 45.9 Å². The fourth-order valence-corrected chi connectivity index (χ4v) is 5.17. The van der Waals surface area contributed by atoms with Crippen LogP contribution in [0.4, 0.5) is 0 Å². The van der Waals surface area contributed by atoms with Crippen LogP contribution in [0.3, 0.4) is 0 Å². The number of hydrogen-bond donors (Lipinski definition) is 0. The molecule has 1 amide bonds. The average Bonchev–Trinajstić information content (AvgIpc) is 2.93. The van der Waals surface area contributed by atoms with Crippen molar-refractivity contribution in [3.05, 3.63) is 30.1 Å². The Morgan fingerprint density at radius 3 is 2.70 bits per heavy atom. The van der Waals surface area contributed by atoms with Gasteiger partial charge in [-0.2, -0.15) is 0 Å². The number of likely N-dealkylation sites (tertiary alicyclic amines) is 1. The van der Waals surface area contributed by atoms with E-state index in [0.29, 0.717) is 35.7 Å². The number of aromatic nitrogens is 1. The topological polar surface area (TPSA) is 36.4 Å². The summed E-state index contributed by atoms with van der Waals surface area (Å²) < 4.78 is 0. The number of nitrogens with zero attached hydrogens (tertiary/aromatic N) is 3. The van der Waals surface area contributed by atoms with E-state index >= 15 is 0 Å². The summed E-state index contributed by atoms with van der Waals surface area (Å²) in [5.74, 6) is 2.30. The Morgan fingerprint density at radius 2 is 1.96 bits per heavy atom. The molecule has 0 aliphatic carbocycles. The summed E-state index contributed by atoms with van der Waals surface area (Å²) in [4.78, 5) is 21.5. The summed E-state index contributed by atoms with van der Waals surface area (Å²) in [6.07, 6.45) is 6.78. The van der Waals surface area contributed by atoms with Gasteiger partial charge in [0.2, 0.25) is 5.91 Å². The van der Waals surface area contributed by atoms with Crippen molar-refractivity contribution >= 4 is 5.91 Å². The maximum atomic E-state index is 12.5. The van der Waals surface area contributed by atoms with Crippen LogP contribution in [0.2, 0.25) is 0 Å². The molecular formula is C19H27N3O. The van der Waals surface area contributed by atoms with Gasteiger partial charge >= 0.3 is 0 Å². The van der Waals surface area contributed by atoms with Gasteiger partial charge in [-0.25, -0.2) is 0 Å². The Bertz CT molecular complexity index is 573. The molecular weight excluding hydrogens is 286 g/mol. The zero-order chi connectivity index (χ0) is 16.0. The molecule has 0 radical (unpaired) electrons. The van der Waals surface area contributed by atoms with Crippen LogP contribution in [-0.2, 0) is 11.3 Å². The highest BCUT2D eigenvalue weighted by molar-refractivity contribution is 5.78. The molecule has 0 N–H and O–H groups in total. The quantitative estimate of drug-likeness (QED) is 0.860. The van der Waals surface area contributed by atoms with E-state index in [1.807, 2.05) is 12.4 Å². The molecule has 4 heterocycles. The molecule has 3 fully saturated rings. The van der Waals surface area contributed by atoms with Gasteiger partial charge in [-0.3, -0.25) is 14.7 Å². The molecule has 0 spiro atoms. The second-order valence-electron chi connectivity index (χ2n) is 7.95. The van der Waals surface area contributed by atoms with E-state index in [2.05, 4.69) is 40.8 Å². The zero-order valence-corrected chi connectivity index (χ0v) is 14.2. The van der Waals surface area contributed by atoms with Crippen molar-refractivity contribution in [2.45, 2.75) is 51.7 Å². The molecule has 3 aliphatic heterocycles. The van der Waals surface area contributed by atoms with Crippen molar-refractivity contribution in [2.75, 3.05) is 13.1 Å². The van der Waals surface area contributed by atoms with E-state index in [-0.39, 0.29) is 0 Å². The smallest absolute Gasteiger partial charge is 0.223 e. The molecule has 0 saturated carbocycles. The fourth-order valence-electron chi connectivity index (χ4n) is 5.17. The minimum atomic E-state index is 0.412. The highest BCUT2D eigenvalue weighted by Crippen LogP contribution is 2.45. The van der Waals surface area contributed by atoms with Gasteiger partial charge in [-0.05, 0) is 48.3 Å². The number of carbonyl (C=O) groups is 1. The van der Waals surface area contributed by atoms with Gasteiger partial charge in [-0.15, -0.1) is 0 Å². The van der Waals surface area contributed by atoms with E-state index in [1.54, 1.807) is 0 Å². The lowest BCUT2D eigenvalue weighted by Crippen LogP contribution is -2.57. The summed E-state index contributed by atoms with van der Waals surface area (Å²) in [5.41, 5.74) is 1.35. The third kappa shape index (κ3) is 2.67. The number of rotatable bonds is 3. The monoisotopic (exact) mass is 313 g/mol. The normalized spacial score (nSPS) is 34.0. The summed E-state index contributed by atoms with van der Waals surface area (Å²) >= 11 is 0. The summed E-state index contributed by atoms with van der Waals surface area (Å²) in [6.45, 7) is 7.83. The molecule has 4 atom stereocenters. The van der Waals surface area contributed by atoms with Crippen LogP contribution >= 0.6 is 0 Å². The Hall–Kier alpha value is -1.42. The SMILES string of the molecule is CC(C)[C@H]1CC2CN(Cc3ccncc3)C[C@H]3CCC(=O)N1C23. The molecule has 0 bridgehead atoms. The number of piperidine rings is 2. The van der Waals surface area contributed by atoms with E-state index in [9.17, 15) is 4.79 Å². The molecule has 4 nitrogen and oxygen atoms in total. The summed E-state index contributed by atoms with van der Waals surface area (Å²) in [7, 11) is 0. The number of amides is 1. The highest BCUT2D eigenvalue weighted by Gasteiger charge is 2.52. The predicted octanol–water partition coefficient (Wildman–Crippen LogP) is 2.55. The molecule has 124 valence electrons. The molecule has 23 heavy (non-hydrogen) atoms. The Balaban J connectivity index is 1.53. The van der Waals surface area contributed by atoms with Gasteiger partial charge in [-0.1, -0.05) is 13.8 Å². The van der Waals surface area contributed by atoms with Crippen LogP contribution < -0.4 is 0 Å². The second kappa shape index (κ2) is 5.90. The third-order valence-corrected chi connectivity index (χ3v) is 6.12. The maximum Gasteiger partial charge on any atom is 0.223 e. The molecule has 3 aliphatic rings. The van der Waals surface area contributed by atoms with Gasteiger partial charge < -0.3 is 4.90 Å². The Labute approximate surface area is 138 Å². The van der Waals surface area contributed by atoms with E-state index < -0.39 is 0 Å². The van der Waals surface area contributed by atoms with Gasteiger partial charge in [0, 0.05) is 50.5 Å². The molecule has 3 saturated heterocycles. The average molecular weight is 313 g/mol. The van der Waals surface area contributed by atoms with Crippen molar-refractivity contribution < 1.29 is 4.79 Å². The van der Waals surface area contributed by atoms with Crippen molar-refractivity contribution in [3.8, 4) is 0 Å². The summed E-state index contributed by atoms with van der Waals surface area (Å²) in [5, 5.41) is 0. The summed E-state index contributed by atoms with van der Waals surface area (Å²) in [6, 6.07) is 5.21. The lowest BCUT2D eigenvalue weighted by Gasteiger charge is -2.47. The molecule has 4 rings (SSSR count). The third-order valence-electron chi connectivity index (χ3n) is 6.12. The lowest BCUT2D eigenvalue weighted by atomic mass is 9.79. The first-order valence-electron chi connectivity index (χ1n) is 9.06. The molecule has 1 aromatic rings. The first kappa shape index (κ1) is 15.1. The maximum absolute atomic E-state index is 12.5. The van der Waals surface area contributed by atoms with Gasteiger partial charge in [0.1, 0.15) is 0 Å². The standard InChI is InChI=1S/C19H27N3O/c1-13(2)17-9-16-12-21(10-14-5-7-20-8-6-14)11-15-3-4-18(23)22(17)19(15)16/h5-8,13,15-17,19H,3-4,9-12H2,1-2H3/t15-,16?,17-,19?/m1/s1. The first-order valence-corrected chi connectivity index (χ1v) is 9.06. The van der Waals surface area contributed by atoms with Gasteiger partial charge in [0.05, 0.1) is 0 Å². The van der Waals surface area contributed by atoms with Crippen LogP contribution in [0, 0.1) is 17.8 Å². The van der Waals surface area contributed by atoms with Crippen molar-refractivity contribution in [1.82, 2.24) is 14.8 Å². The molecule has 4 heteroatoms. The predicted molar refractivity (Wildman–Crippen MR) is 89.6 cm³/mol. The van der Waals surface area contributed by atoms with Crippen LogP contribution in [0.25, 0.3) is 0 Å². The molecule has 0 aromatic carbocycles. The number of carbonyl (C=O) groups excluding carboxylic acids is 1.